The van der Waals surface area contributed by atoms with E-state index in [1.165, 1.54) is 11.1 Å². The van der Waals surface area contributed by atoms with Crippen LogP contribution in [0.3, 0.4) is 0 Å². The predicted molar refractivity (Wildman–Crippen MR) is 107 cm³/mol. The molecular weight excluding hydrogens is 360 g/mol. The minimum atomic E-state index is 0. The first-order chi connectivity index (χ1) is 12.8. The molecule has 2 aromatic rings. The van der Waals surface area contributed by atoms with Crippen LogP contribution in [-0.2, 0) is 19.6 Å². The maximum atomic E-state index is 9.50. The van der Waals surface area contributed by atoms with E-state index < -0.39 is 0 Å². The third-order valence-electron chi connectivity index (χ3n) is 5.27. The van der Waals surface area contributed by atoms with Gasteiger partial charge in [0.25, 0.3) is 0 Å². The smallest absolute Gasteiger partial charge is 0.155 e. The lowest BCUT2D eigenvalue weighted by Gasteiger charge is -2.23. The Kier molecular flexibility index (Phi) is 6.68. The number of ether oxygens (including phenoxy) is 1. The fourth-order valence-electron chi connectivity index (χ4n) is 3.78. The van der Waals surface area contributed by atoms with Crippen LogP contribution in [0.1, 0.15) is 35.2 Å². The predicted octanol–water partition coefficient (Wildman–Crippen LogP) is 3.27. The summed E-state index contributed by atoms with van der Waals surface area (Å²) in [4.78, 5) is 6.90. The van der Waals surface area contributed by atoms with Gasteiger partial charge in [0.1, 0.15) is 6.07 Å². The van der Waals surface area contributed by atoms with Gasteiger partial charge in [-0.15, -0.1) is 12.4 Å². The van der Waals surface area contributed by atoms with E-state index in [4.69, 9.17) is 4.74 Å². The van der Waals surface area contributed by atoms with Crippen LogP contribution in [0, 0.1) is 17.2 Å². The molecule has 1 N–H and O–H groups in total. The van der Waals surface area contributed by atoms with Crippen LogP contribution in [-0.4, -0.2) is 29.6 Å². The monoisotopic (exact) mass is 384 g/mol. The van der Waals surface area contributed by atoms with Gasteiger partial charge in [-0.2, -0.15) is 5.26 Å². The summed E-state index contributed by atoms with van der Waals surface area (Å²) in [6.45, 7) is 5.39. The number of pyridine rings is 1. The van der Waals surface area contributed by atoms with E-state index in [1.54, 1.807) is 6.20 Å². The van der Waals surface area contributed by atoms with Gasteiger partial charge in [0, 0.05) is 19.6 Å². The van der Waals surface area contributed by atoms with E-state index in [9.17, 15) is 5.26 Å². The Labute approximate surface area is 166 Å². The van der Waals surface area contributed by atoms with Crippen molar-refractivity contribution in [3.05, 3.63) is 58.9 Å². The molecule has 27 heavy (non-hydrogen) atoms. The number of hydrogen-bond donors (Lipinski definition) is 1. The summed E-state index contributed by atoms with van der Waals surface area (Å²) in [6.07, 6.45) is 3.98. The molecule has 1 aromatic carbocycles. The van der Waals surface area contributed by atoms with Gasteiger partial charge in [0.15, 0.2) is 5.75 Å². The third kappa shape index (κ3) is 4.78. The average molecular weight is 385 g/mol. The van der Waals surface area contributed by atoms with Crippen molar-refractivity contribution in [3.63, 3.8) is 0 Å². The highest BCUT2D eigenvalue weighted by Gasteiger charge is 2.20. The summed E-state index contributed by atoms with van der Waals surface area (Å²) in [6, 6.07) is 12.7. The van der Waals surface area contributed by atoms with Crippen LogP contribution in [0.5, 0.6) is 5.75 Å². The van der Waals surface area contributed by atoms with Crippen LogP contribution in [0.2, 0.25) is 0 Å². The van der Waals surface area contributed by atoms with Gasteiger partial charge in [-0.1, -0.05) is 24.3 Å². The van der Waals surface area contributed by atoms with Crippen LogP contribution in [0.15, 0.2) is 36.5 Å². The second-order valence-electron chi connectivity index (χ2n) is 7.20. The number of nitriles is 1. The topological polar surface area (TPSA) is 61.2 Å². The fourth-order valence-corrected chi connectivity index (χ4v) is 3.78. The minimum Gasteiger partial charge on any atom is -0.490 e. The molecule has 1 fully saturated rings. The number of benzene rings is 1. The van der Waals surface area contributed by atoms with Crippen molar-refractivity contribution >= 4 is 12.4 Å². The van der Waals surface area contributed by atoms with Gasteiger partial charge in [0.05, 0.1) is 24.1 Å². The van der Waals surface area contributed by atoms with E-state index in [1.807, 2.05) is 6.07 Å². The highest BCUT2D eigenvalue weighted by atomic mass is 35.5. The molecule has 0 aliphatic carbocycles. The van der Waals surface area contributed by atoms with Crippen LogP contribution in [0.25, 0.3) is 0 Å². The summed E-state index contributed by atoms with van der Waals surface area (Å²) in [5.74, 6) is 1.17. The standard InChI is InChI=1S/C21H24N4O.ClH/c22-10-19-9-20(14-25-12-17-3-1-2-4-18(17)13-25)24-11-21(19)26-15-16-5-7-23-8-6-16;/h1-4,9,11,16,23H,5-8,12-15H2;1H. The van der Waals surface area contributed by atoms with Crippen molar-refractivity contribution in [2.75, 3.05) is 19.7 Å². The summed E-state index contributed by atoms with van der Waals surface area (Å²) >= 11 is 0. The first-order valence-electron chi connectivity index (χ1n) is 9.33. The SMILES string of the molecule is Cl.N#Cc1cc(CN2Cc3ccccc3C2)ncc1OCC1CCNCC1. The lowest BCUT2D eigenvalue weighted by atomic mass is 9.99. The minimum absolute atomic E-state index is 0. The Morgan fingerprint density at radius 1 is 1.19 bits per heavy atom. The maximum absolute atomic E-state index is 9.50. The number of hydrogen-bond acceptors (Lipinski definition) is 5. The third-order valence-corrected chi connectivity index (χ3v) is 5.27. The number of fused-ring (bicyclic) bond motifs is 1. The maximum Gasteiger partial charge on any atom is 0.155 e. The second-order valence-corrected chi connectivity index (χ2v) is 7.20. The zero-order valence-electron chi connectivity index (χ0n) is 15.4. The number of piperidine rings is 1. The highest BCUT2D eigenvalue weighted by molar-refractivity contribution is 5.85. The quantitative estimate of drug-likeness (QED) is 0.857. The molecule has 0 amide bonds. The highest BCUT2D eigenvalue weighted by Crippen LogP contribution is 2.25. The van der Waals surface area contributed by atoms with Crippen molar-refractivity contribution in [1.29, 1.82) is 5.26 Å². The van der Waals surface area contributed by atoms with Crippen LogP contribution < -0.4 is 10.1 Å². The molecular formula is C21H25ClN4O. The van der Waals surface area contributed by atoms with Gasteiger partial charge >= 0.3 is 0 Å². The summed E-state index contributed by atoms with van der Waals surface area (Å²) in [7, 11) is 0. The average Bonchev–Trinajstić information content (AvgIpc) is 3.10. The number of aromatic nitrogens is 1. The van der Waals surface area contributed by atoms with E-state index in [-0.39, 0.29) is 12.4 Å². The van der Waals surface area contributed by atoms with Gasteiger partial charge in [-0.05, 0) is 49.0 Å². The number of halogens is 1. The molecule has 0 bridgehead atoms. The van der Waals surface area contributed by atoms with Crippen molar-refractivity contribution < 1.29 is 4.74 Å². The Balaban J connectivity index is 0.00000210. The van der Waals surface area contributed by atoms with Crippen LogP contribution in [0.4, 0.5) is 0 Å². The summed E-state index contributed by atoms with van der Waals surface area (Å²) in [5.41, 5.74) is 4.27. The molecule has 0 spiro atoms. The lowest BCUT2D eigenvalue weighted by molar-refractivity contribution is 0.214. The molecule has 4 rings (SSSR count). The van der Waals surface area contributed by atoms with Crippen molar-refractivity contribution in [3.8, 4) is 11.8 Å². The molecule has 0 unspecified atom stereocenters. The van der Waals surface area contributed by atoms with Crippen molar-refractivity contribution in [2.45, 2.75) is 32.5 Å². The van der Waals surface area contributed by atoms with Crippen molar-refractivity contribution in [1.82, 2.24) is 15.2 Å². The number of nitrogens with zero attached hydrogens (tertiary/aromatic N) is 3. The van der Waals surface area contributed by atoms with Gasteiger partial charge in [0.2, 0.25) is 0 Å². The Morgan fingerprint density at radius 2 is 1.89 bits per heavy atom. The molecule has 2 aliphatic rings. The van der Waals surface area contributed by atoms with E-state index in [2.05, 4.69) is 45.5 Å². The summed E-state index contributed by atoms with van der Waals surface area (Å²) in [5, 5.41) is 12.9. The Morgan fingerprint density at radius 3 is 2.56 bits per heavy atom. The number of nitrogens with one attached hydrogen (secondary N) is 1. The Hall–Kier alpha value is -2.13. The first kappa shape index (κ1) is 19.6. The molecule has 142 valence electrons. The molecule has 0 atom stereocenters. The molecule has 1 saturated heterocycles. The van der Waals surface area contributed by atoms with E-state index in [0.29, 0.717) is 23.8 Å². The zero-order valence-corrected chi connectivity index (χ0v) is 16.2. The molecule has 1 aromatic heterocycles. The largest absolute Gasteiger partial charge is 0.490 e. The van der Waals surface area contributed by atoms with Gasteiger partial charge < -0.3 is 10.1 Å². The molecule has 0 saturated carbocycles. The van der Waals surface area contributed by atoms with E-state index in [0.717, 1.165) is 51.3 Å². The van der Waals surface area contributed by atoms with Gasteiger partial charge in [-0.3, -0.25) is 9.88 Å². The first-order valence-corrected chi connectivity index (χ1v) is 9.33. The molecule has 2 aliphatic heterocycles. The van der Waals surface area contributed by atoms with E-state index >= 15 is 0 Å². The van der Waals surface area contributed by atoms with Crippen LogP contribution >= 0.6 is 12.4 Å². The van der Waals surface area contributed by atoms with Crippen molar-refractivity contribution in [2.24, 2.45) is 5.92 Å². The summed E-state index contributed by atoms with van der Waals surface area (Å²) < 4.78 is 5.92. The fraction of sp³-hybridized carbons (Fsp3) is 0.429. The molecule has 0 radical (unpaired) electrons. The van der Waals surface area contributed by atoms with Gasteiger partial charge in [-0.25, -0.2) is 0 Å². The molecule has 3 heterocycles. The lowest BCUT2D eigenvalue weighted by Crippen LogP contribution is -2.30. The molecule has 5 nitrogen and oxygen atoms in total. The normalized spacial score (nSPS) is 17.0. The Bertz CT molecular complexity index is 789. The molecule has 6 heteroatoms. The second kappa shape index (κ2) is 9.18. The number of rotatable bonds is 5. The zero-order chi connectivity index (χ0) is 17.8.